The van der Waals surface area contributed by atoms with Crippen molar-refractivity contribution in [1.82, 2.24) is 5.32 Å². The number of amides is 1. The highest BCUT2D eigenvalue weighted by molar-refractivity contribution is 5.78. The molecular formula is C11H14N2O3. The maximum atomic E-state index is 11.4. The average molecular weight is 222 g/mol. The van der Waals surface area contributed by atoms with Gasteiger partial charge in [0, 0.05) is 13.1 Å². The highest BCUT2D eigenvalue weighted by Gasteiger charge is 2.14. The number of fused-ring (bicyclic) bond motifs is 1. The molecule has 0 atom stereocenters. The zero-order valence-corrected chi connectivity index (χ0v) is 8.86. The van der Waals surface area contributed by atoms with Gasteiger partial charge in [0.1, 0.15) is 0 Å². The summed E-state index contributed by atoms with van der Waals surface area (Å²) in [5.74, 6) is 1.39. The van der Waals surface area contributed by atoms with E-state index in [9.17, 15) is 4.79 Å². The second-order valence-electron chi connectivity index (χ2n) is 3.50. The number of ether oxygens (including phenoxy) is 2. The summed E-state index contributed by atoms with van der Waals surface area (Å²) in [5.41, 5.74) is 6.19. The van der Waals surface area contributed by atoms with Gasteiger partial charge in [-0.3, -0.25) is 4.79 Å². The number of nitrogens with two attached hydrogens (primary N) is 1. The van der Waals surface area contributed by atoms with E-state index in [0.29, 0.717) is 25.3 Å². The van der Waals surface area contributed by atoms with Crippen molar-refractivity contribution in [3.05, 3.63) is 23.8 Å². The van der Waals surface area contributed by atoms with Gasteiger partial charge in [0.05, 0.1) is 6.42 Å². The molecule has 0 fully saturated rings. The van der Waals surface area contributed by atoms with Crippen LogP contribution in [0.5, 0.6) is 11.5 Å². The molecule has 5 heteroatoms. The van der Waals surface area contributed by atoms with E-state index < -0.39 is 0 Å². The summed E-state index contributed by atoms with van der Waals surface area (Å²) in [6.45, 7) is 1.20. The van der Waals surface area contributed by atoms with E-state index in [-0.39, 0.29) is 12.7 Å². The molecule has 5 nitrogen and oxygen atoms in total. The third-order valence-electron chi connectivity index (χ3n) is 2.27. The van der Waals surface area contributed by atoms with Crippen LogP contribution >= 0.6 is 0 Å². The van der Waals surface area contributed by atoms with Gasteiger partial charge in [0.25, 0.3) is 0 Å². The quantitative estimate of drug-likeness (QED) is 0.754. The first-order chi connectivity index (χ1) is 7.79. The monoisotopic (exact) mass is 222 g/mol. The van der Waals surface area contributed by atoms with Gasteiger partial charge in [0.15, 0.2) is 11.5 Å². The summed E-state index contributed by atoms with van der Waals surface area (Å²) >= 11 is 0. The van der Waals surface area contributed by atoms with E-state index in [1.807, 2.05) is 18.2 Å². The summed E-state index contributed by atoms with van der Waals surface area (Å²) in [7, 11) is 0. The van der Waals surface area contributed by atoms with E-state index in [4.69, 9.17) is 15.2 Å². The average Bonchev–Trinajstić information content (AvgIpc) is 2.73. The molecule has 0 saturated carbocycles. The van der Waals surface area contributed by atoms with Crippen LogP contribution in [0.2, 0.25) is 0 Å². The molecule has 0 aromatic heterocycles. The largest absolute Gasteiger partial charge is 0.454 e. The fourth-order valence-corrected chi connectivity index (χ4v) is 1.51. The smallest absolute Gasteiger partial charge is 0.231 e. The predicted molar refractivity (Wildman–Crippen MR) is 58.3 cm³/mol. The van der Waals surface area contributed by atoms with Crippen molar-refractivity contribution < 1.29 is 14.3 Å². The number of benzene rings is 1. The highest BCUT2D eigenvalue weighted by Crippen LogP contribution is 2.32. The summed E-state index contributed by atoms with van der Waals surface area (Å²) in [6, 6.07) is 5.49. The van der Waals surface area contributed by atoms with Crippen molar-refractivity contribution in [2.45, 2.75) is 6.42 Å². The molecule has 1 aromatic rings. The molecule has 86 valence electrons. The second-order valence-corrected chi connectivity index (χ2v) is 3.50. The zero-order valence-electron chi connectivity index (χ0n) is 8.86. The van der Waals surface area contributed by atoms with Crippen molar-refractivity contribution in [3.8, 4) is 11.5 Å². The van der Waals surface area contributed by atoms with Crippen LogP contribution in [0.1, 0.15) is 5.56 Å². The summed E-state index contributed by atoms with van der Waals surface area (Å²) in [4.78, 5) is 11.4. The fourth-order valence-electron chi connectivity index (χ4n) is 1.51. The predicted octanol–water partition coefficient (Wildman–Crippen LogP) is 0.0327. The molecule has 0 aliphatic carbocycles. The van der Waals surface area contributed by atoms with E-state index in [1.165, 1.54) is 0 Å². The molecule has 1 heterocycles. The van der Waals surface area contributed by atoms with Crippen LogP contribution in [0.15, 0.2) is 18.2 Å². The van der Waals surface area contributed by atoms with E-state index in [1.54, 1.807) is 0 Å². The third-order valence-corrected chi connectivity index (χ3v) is 2.27. The maximum Gasteiger partial charge on any atom is 0.231 e. The highest BCUT2D eigenvalue weighted by atomic mass is 16.7. The van der Waals surface area contributed by atoms with Crippen molar-refractivity contribution in [3.63, 3.8) is 0 Å². The van der Waals surface area contributed by atoms with Crippen LogP contribution in [-0.2, 0) is 11.2 Å². The molecule has 0 radical (unpaired) electrons. The molecule has 0 spiro atoms. The normalized spacial score (nSPS) is 12.6. The Morgan fingerprint density at radius 3 is 3.00 bits per heavy atom. The van der Waals surface area contributed by atoms with Crippen LogP contribution in [0.3, 0.4) is 0 Å². The van der Waals surface area contributed by atoms with Gasteiger partial charge < -0.3 is 20.5 Å². The van der Waals surface area contributed by atoms with Gasteiger partial charge in [-0.05, 0) is 17.7 Å². The Bertz CT molecular complexity index is 393. The lowest BCUT2D eigenvalue weighted by atomic mass is 10.1. The van der Waals surface area contributed by atoms with Crippen LogP contribution in [0.4, 0.5) is 0 Å². The Kier molecular flexibility index (Phi) is 3.26. The van der Waals surface area contributed by atoms with Crippen LogP contribution in [-0.4, -0.2) is 25.8 Å². The minimum absolute atomic E-state index is 0.0377. The Morgan fingerprint density at radius 1 is 1.38 bits per heavy atom. The summed E-state index contributed by atoms with van der Waals surface area (Å²) < 4.78 is 10.4. The van der Waals surface area contributed by atoms with E-state index in [0.717, 1.165) is 11.3 Å². The number of rotatable bonds is 4. The Hall–Kier alpha value is -1.75. The van der Waals surface area contributed by atoms with Gasteiger partial charge in [-0.25, -0.2) is 0 Å². The summed E-state index contributed by atoms with van der Waals surface area (Å²) in [5, 5.41) is 2.71. The van der Waals surface area contributed by atoms with Gasteiger partial charge >= 0.3 is 0 Å². The molecule has 1 amide bonds. The molecule has 0 bridgehead atoms. The van der Waals surface area contributed by atoms with E-state index >= 15 is 0 Å². The number of hydrogen-bond acceptors (Lipinski definition) is 4. The Balaban J connectivity index is 1.97. The Morgan fingerprint density at radius 2 is 2.19 bits per heavy atom. The lowest BCUT2D eigenvalue weighted by Crippen LogP contribution is -2.30. The molecule has 1 aromatic carbocycles. The second kappa shape index (κ2) is 4.85. The molecule has 3 N–H and O–H groups in total. The first-order valence-electron chi connectivity index (χ1n) is 5.15. The number of nitrogens with one attached hydrogen (secondary N) is 1. The van der Waals surface area contributed by atoms with E-state index in [2.05, 4.69) is 5.32 Å². The first kappa shape index (κ1) is 10.8. The molecule has 1 aliphatic heterocycles. The van der Waals surface area contributed by atoms with Crippen LogP contribution < -0.4 is 20.5 Å². The maximum absolute atomic E-state index is 11.4. The van der Waals surface area contributed by atoms with Crippen molar-refractivity contribution in [2.24, 2.45) is 5.73 Å². The van der Waals surface area contributed by atoms with Crippen molar-refractivity contribution in [1.29, 1.82) is 0 Å². The number of carbonyl (C=O) groups is 1. The molecule has 1 aliphatic rings. The summed E-state index contributed by atoms with van der Waals surface area (Å²) in [6.07, 6.45) is 0.330. The molecule has 0 saturated heterocycles. The molecule has 0 unspecified atom stereocenters. The SMILES string of the molecule is NCCNC(=O)Cc1ccc2c(c1)OCO2. The van der Waals surface area contributed by atoms with Crippen LogP contribution in [0.25, 0.3) is 0 Å². The van der Waals surface area contributed by atoms with Crippen LogP contribution in [0, 0.1) is 0 Å². The fraction of sp³-hybridized carbons (Fsp3) is 0.364. The van der Waals surface area contributed by atoms with Crippen molar-refractivity contribution in [2.75, 3.05) is 19.9 Å². The minimum atomic E-state index is -0.0377. The topological polar surface area (TPSA) is 73.6 Å². The number of carbonyl (C=O) groups excluding carboxylic acids is 1. The van der Waals surface area contributed by atoms with Gasteiger partial charge in [-0.1, -0.05) is 6.07 Å². The van der Waals surface area contributed by atoms with Gasteiger partial charge in [0.2, 0.25) is 12.7 Å². The molecule has 2 rings (SSSR count). The van der Waals surface area contributed by atoms with Crippen molar-refractivity contribution >= 4 is 5.91 Å². The zero-order chi connectivity index (χ0) is 11.4. The standard InChI is InChI=1S/C11H14N2O3/c12-3-4-13-11(14)6-8-1-2-9-10(5-8)16-7-15-9/h1-2,5H,3-4,6-7,12H2,(H,13,14). The Labute approximate surface area is 93.5 Å². The third kappa shape index (κ3) is 2.43. The number of hydrogen-bond donors (Lipinski definition) is 2. The minimum Gasteiger partial charge on any atom is -0.454 e. The van der Waals surface area contributed by atoms with Gasteiger partial charge in [-0.15, -0.1) is 0 Å². The molecular weight excluding hydrogens is 208 g/mol. The molecule has 16 heavy (non-hydrogen) atoms. The first-order valence-corrected chi connectivity index (χ1v) is 5.15. The lowest BCUT2D eigenvalue weighted by Gasteiger charge is -2.04. The van der Waals surface area contributed by atoms with Gasteiger partial charge in [-0.2, -0.15) is 0 Å². The lowest BCUT2D eigenvalue weighted by molar-refractivity contribution is -0.120.